The van der Waals surface area contributed by atoms with Gasteiger partial charge in [-0.1, -0.05) is 20.8 Å². The minimum atomic E-state index is 0.151. The van der Waals surface area contributed by atoms with E-state index in [9.17, 15) is 4.79 Å². The van der Waals surface area contributed by atoms with E-state index in [0.717, 1.165) is 25.0 Å². The first-order chi connectivity index (χ1) is 8.08. The smallest absolute Gasteiger partial charge is 0.225 e. The summed E-state index contributed by atoms with van der Waals surface area (Å²) in [5.74, 6) is 1.35. The first-order valence-electron chi connectivity index (χ1n) is 7.10. The van der Waals surface area contributed by atoms with Crippen molar-refractivity contribution in [1.82, 2.24) is 9.80 Å². The zero-order valence-corrected chi connectivity index (χ0v) is 11.5. The van der Waals surface area contributed by atoms with Crippen LogP contribution in [0.3, 0.4) is 0 Å². The zero-order valence-electron chi connectivity index (χ0n) is 11.5. The van der Waals surface area contributed by atoms with Crippen LogP contribution in [-0.2, 0) is 4.79 Å². The molecule has 0 aromatic rings. The van der Waals surface area contributed by atoms with E-state index >= 15 is 0 Å². The highest BCUT2D eigenvalue weighted by molar-refractivity contribution is 5.78. The third-order valence-electron chi connectivity index (χ3n) is 4.24. The van der Waals surface area contributed by atoms with Crippen LogP contribution in [0, 0.1) is 11.8 Å². The molecule has 0 aliphatic carbocycles. The fraction of sp³-hybridized carbons (Fsp3) is 0.929. The molecule has 0 spiro atoms. The van der Waals surface area contributed by atoms with Crippen molar-refractivity contribution in [2.45, 2.75) is 46.1 Å². The summed E-state index contributed by atoms with van der Waals surface area (Å²) < 4.78 is 0. The second-order valence-electron chi connectivity index (χ2n) is 6.10. The summed E-state index contributed by atoms with van der Waals surface area (Å²) in [7, 11) is 0. The Hall–Kier alpha value is -0.570. The maximum Gasteiger partial charge on any atom is 0.225 e. The van der Waals surface area contributed by atoms with Crippen molar-refractivity contribution >= 4 is 5.91 Å². The predicted molar refractivity (Wildman–Crippen MR) is 69.8 cm³/mol. The summed E-state index contributed by atoms with van der Waals surface area (Å²) in [6, 6.07) is 0.733. The highest BCUT2D eigenvalue weighted by Gasteiger charge is 2.30. The maximum atomic E-state index is 11.9. The average Bonchev–Trinajstić information content (AvgIpc) is 2.75. The lowest BCUT2D eigenvalue weighted by atomic mass is 10.0. The Morgan fingerprint density at radius 3 is 2.24 bits per heavy atom. The van der Waals surface area contributed by atoms with E-state index in [1.54, 1.807) is 0 Å². The van der Waals surface area contributed by atoms with Crippen molar-refractivity contribution in [3.8, 4) is 0 Å². The highest BCUT2D eigenvalue weighted by Crippen LogP contribution is 2.24. The van der Waals surface area contributed by atoms with Crippen molar-refractivity contribution < 1.29 is 4.79 Å². The summed E-state index contributed by atoms with van der Waals surface area (Å²) in [6.07, 6.45) is 3.70. The van der Waals surface area contributed by atoms with Gasteiger partial charge in [0, 0.05) is 31.6 Å². The monoisotopic (exact) mass is 238 g/mol. The van der Waals surface area contributed by atoms with Gasteiger partial charge in [0.15, 0.2) is 0 Å². The molecule has 2 aliphatic rings. The van der Waals surface area contributed by atoms with Crippen LogP contribution in [0.25, 0.3) is 0 Å². The molecule has 1 unspecified atom stereocenters. The minimum Gasteiger partial charge on any atom is -0.342 e. The second-order valence-corrected chi connectivity index (χ2v) is 6.10. The zero-order chi connectivity index (χ0) is 12.4. The van der Waals surface area contributed by atoms with Gasteiger partial charge in [0.1, 0.15) is 0 Å². The van der Waals surface area contributed by atoms with Gasteiger partial charge in [0.2, 0.25) is 5.91 Å². The van der Waals surface area contributed by atoms with Crippen LogP contribution < -0.4 is 0 Å². The molecule has 2 fully saturated rings. The van der Waals surface area contributed by atoms with Crippen molar-refractivity contribution in [2.24, 2.45) is 11.8 Å². The lowest BCUT2D eigenvalue weighted by Gasteiger charge is -2.37. The van der Waals surface area contributed by atoms with Gasteiger partial charge in [-0.05, 0) is 31.7 Å². The lowest BCUT2D eigenvalue weighted by Crippen LogP contribution is -2.47. The third-order valence-corrected chi connectivity index (χ3v) is 4.24. The molecule has 2 rings (SSSR count). The Morgan fingerprint density at radius 2 is 1.76 bits per heavy atom. The van der Waals surface area contributed by atoms with Crippen molar-refractivity contribution in [1.29, 1.82) is 0 Å². The normalized spacial score (nSPS) is 28.0. The molecule has 2 heterocycles. The molecule has 3 heteroatoms. The van der Waals surface area contributed by atoms with E-state index in [1.165, 1.54) is 32.4 Å². The van der Waals surface area contributed by atoms with Gasteiger partial charge in [-0.3, -0.25) is 9.69 Å². The lowest BCUT2D eigenvalue weighted by molar-refractivity contribution is -0.136. The first-order valence-corrected chi connectivity index (χ1v) is 7.10. The largest absolute Gasteiger partial charge is 0.342 e. The van der Waals surface area contributed by atoms with E-state index in [1.807, 2.05) is 13.8 Å². The number of hydrogen-bond donors (Lipinski definition) is 0. The fourth-order valence-corrected chi connectivity index (χ4v) is 3.12. The number of likely N-dealkylation sites (tertiary alicyclic amines) is 2. The van der Waals surface area contributed by atoms with Crippen molar-refractivity contribution in [2.75, 3.05) is 26.2 Å². The number of rotatable bonds is 2. The number of carbonyl (C=O) groups is 1. The summed E-state index contributed by atoms with van der Waals surface area (Å²) in [4.78, 5) is 16.6. The summed E-state index contributed by atoms with van der Waals surface area (Å²) in [5.41, 5.74) is 0. The predicted octanol–water partition coefficient (Wildman–Crippen LogP) is 1.98. The Labute approximate surface area is 105 Å². The van der Waals surface area contributed by atoms with E-state index in [2.05, 4.69) is 16.7 Å². The van der Waals surface area contributed by atoms with E-state index in [4.69, 9.17) is 0 Å². The number of carbonyl (C=O) groups excluding carboxylic acids is 1. The van der Waals surface area contributed by atoms with Crippen LogP contribution in [-0.4, -0.2) is 47.9 Å². The second kappa shape index (κ2) is 5.38. The van der Waals surface area contributed by atoms with Crippen molar-refractivity contribution in [3.63, 3.8) is 0 Å². The summed E-state index contributed by atoms with van der Waals surface area (Å²) in [5, 5.41) is 0. The van der Waals surface area contributed by atoms with Gasteiger partial charge >= 0.3 is 0 Å². The summed E-state index contributed by atoms with van der Waals surface area (Å²) in [6.45, 7) is 10.8. The van der Waals surface area contributed by atoms with Gasteiger partial charge in [-0.25, -0.2) is 0 Å². The molecule has 0 aromatic carbocycles. The Bertz CT molecular complexity index is 269. The van der Waals surface area contributed by atoms with Gasteiger partial charge in [-0.2, -0.15) is 0 Å². The van der Waals surface area contributed by atoms with Gasteiger partial charge in [0.05, 0.1) is 0 Å². The van der Waals surface area contributed by atoms with Gasteiger partial charge < -0.3 is 4.90 Å². The van der Waals surface area contributed by atoms with Crippen LogP contribution in [0.2, 0.25) is 0 Å². The van der Waals surface area contributed by atoms with Gasteiger partial charge in [0.25, 0.3) is 0 Å². The SMILES string of the molecule is CC1CCN(C2CCN(C(=O)C(C)C)CC2)C1. The molecule has 0 bridgehead atoms. The molecule has 1 amide bonds. The standard InChI is InChI=1S/C14H26N2O/c1-11(2)14(17)15-8-5-13(6-9-15)16-7-4-12(3)10-16/h11-13H,4-10H2,1-3H3. The molecule has 17 heavy (non-hydrogen) atoms. The van der Waals surface area contributed by atoms with E-state index in [0.29, 0.717) is 5.91 Å². The molecule has 0 radical (unpaired) electrons. The first kappa shape index (κ1) is 12.9. The number of hydrogen-bond acceptors (Lipinski definition) is 2. The summed E-state index contributed by atoms with van der Waals surface area (Å²) >= 11 is 0. The maximum absolute atomic E-state index is 11.9. The Kier molecular flexibility index (Phi) is 4.08. The molecule has 98 valence electrons. The number of amides is 1. The Morgan fingerprint density at radius 1 is 1.12 bits per heavy atom. The third kappa shape index (κ3) is 3.01. The van der Waals surface area contributed by atoms with Crippen LogP contribution in [0.5, 0.6) is 0 Å². The molecular formula is C14H26N2O. The van der Waals surface area contributed by atoms with E-state index < -0.39 is 0 Å². The molecule has 2 saturated heterocycles. The average molecular weight is 238 g/mol. The topological polar surface area (TPSA) is 23.6 Å². The quantitative estimate of drug-likeness (QED) is 0.734. The molecule has 0 N–H and O–H groups in total. The van der Waals surface area contributed by atoms with E-state index in [-0.39, 0.29) is 5.92 Å². The molecule has 2 aliphatic heterocycles. The van der Waals surface area contributed by atoms with Gasteiger partial charge in [-0.15, -0.1) is 0 Å². The van der Waals surface area contributed by atoms with Crippen molar-refractivity contribution in [3.05, 3.63) is 0 Å². The molecule has 0 aromatic heterocycles. The molecule has 3 nitrogen and oxygen atoms in total. The number of nitrogens with zero attached hydrogens (tertiary/aromatic N) is 2. The van der Waals surface area contributed by atoms with Crippen LogP contribution in [0.4, 0.5) is 0 Å². The molecule has 1 atom stereocenters. The number of piperidine rings is 1. The van der Waals surface area contributed by atoms with Crippen LogP contribution in [0.15, 0.2) is 0 Å². The van der Waals surface area contributed by atoms with Crippen LogP contribution in [0.1, 0.15) is 40.0 Å². The fourth-order valence-electron chi connectivity index (χ4n) is 3.12. The molecular weight excluding hydrogens is 212 g/mol. The molecule has 0 saturated carbocycles. The minimum absolute atomic E-state index is 0.151. The van der Waals surface area contributed by atoms with Crippen LogP contribution >= 0.6 is 0 Å². The highest BCUT2D eigenvalue weighted by atomic mass is 16.2. The Balaban J connectivity index is 1.80.